The number of aromatic nitrogens is 3. The molecule has 1 aromatic carbocycles. The van der Waals surface area contributed by atoms with Gasteiger partial charge in [0, 0.05) is 31.2 Å². The Bertz CT molecular complexity index is 725. The van der Waals surface area contributed by atoms with Crippen LogP contribution in [0.2, 0.25) is 5.02 Å². The van der Waals surface area contributed by atoms with Gasteiger partial charge in [-0.1, -0.05) is 11.6 Å². The summed E-state index contributed by atoms with van der Waals surface area (Å²) >= 11 is 5.96. The first-order valence-electron chi connectivity index (χ1n) is 7.80. The van der Waals surface area contributed by atoms with Crippen LogP contribution in [0, 0.1) is 6.92 Å². The number of carbonyl (C=O) groups is 1. The summed E-state index contributed by atoms with van der Waals surface area (Å²) in [6.07, 6.45) is 0. The zero-order valence-electron chi connectivity index (χ0n) is 13.8. The Morgan fingerprint density at radius 1 is 1.33 bits per heavy atom. The second kappa shape index (κ2) is 7.19. The van der Waals surface area contributed by atoms with Crippen LogP contribution in [0.5, 0.6) is 5.75 Å². The van der Waals surface area contributed by atoms with E-state index in [2.05, 4.69) is 20.1 Å². The van der Waals surface area contributed by atoms with E-state index in [1.807, 2.05) is 11.8 Å². The molecule has 1 saturated heterocycles. The first-order chi connectivity index (χ1) is 11.6. The molecule has 2 heterocycles. The van der Waals surface area contributed by atoms with Gasteiger partial charge >= 0.3 is 0 Å². The average Bonchev–Trinajstić information content (AvgIpc) is 2.99. The van der Waals surface area contributed by atoms with Crippen LogP contribution in [0.25, 0.3) is 0 Å². The topological polar surface area (TPSA) is 74.3 Å². The number of ether oxygens (including phenoxy) is 1. The normalized spacial score (nSPS) is 15.5. The van der Waals surface area contributed by atoms with Crippen LogP contribution in [-0.4, -0.2) is 64.2 Å². The predicted molar refractivity (Wildman–Crippen MR) is 90.3 cm³/mol. The van der Waals surface area contributed by atoms with Gasteiger partial charge in [0.15, 0.2) is 5.82 Å². The average molecular weight is 350 g/mol. The number of methoxy groups -OCH3 is 1. The number of hydrogen-bond acceptors (Lipinski definition) is 5. The van der Waals surface area contributed by atoms with Crippen LogP contribution in [0.3, 0.4) is 0 Å². The minimum Gasteiger partial charge on any atom is -0.496 e. The highest BCUT2D eigenvalue weighted by molar-refractivity contribution is 6.30. The van der Waals surface area contributed by atoms with E-state index in [1.165, 1.54) is 0 Å². The SMILES string of the molecule is COc1cc(Cl)ccc1C(=O)N1CCN(Cc2n[nH]c(C)n2)CC1. The molecule has 2 aromatic rings. The molecule has 0 bridgehead atoms. The number of halogens is 1. The number of benzene rings is 1. The molecule has 0 radical (unpaired) electrons. The Labute approximate surface area is 145 Å². The molecule has 0 spiro atoms. The third kappa shape index (κ3) is 3.68. The minimum atomic E-state index is -0.0306. The van der Waals surface area contributed by atoms with E-state index in [0.717, 1.165) is 24.7 Å². The highest BCUT2D eigenvalue weighted by Gasteiger charge is 2.24. The lowest BCUT2D eigenvalue weighted by atomic mass is 10.1. The Morgan fingerprint density at radius 3 is 2.71 bits per heavy atom. The molecular formula is C16H20ClN5O2. The van der Waals surface area contributed by atoms with Gasteiger partial charge in [-0.25, -0.2) is 4.98 Å². The lowest BCUT2D eigenvalue weighted by Crippen LogP contribution is -2.48. The van der Waals surface area contributed by atoms with Crippen LogP contribution >= 0.6 is 11.6 Å². The van der Waals surface area contributed by atoms with E-state index in [9.17, 15) is 4.79 Å². The highest BCUT2D eigenvalue weighted by atomic mass is 35.5. The Morgan fingerprint density at radius 2 is 2.08 bits per heavy atom. The lowest BCUT2D eigenvalue weighted by molar-refractivity contribution is 0.0622. The summed E-state index contributed by atoms with van der Waals surface area (Å²) in [5, 5.41) is 7.55. The zero-order valence-corrected chi connectivity index (χ0v) is 14.5. The summed E-state index contributed by atoms with van der Waals surface area (Å²) in [4.78, 5) is 21.1. The van der Waals surface area contributed by atoms with Crippen molar-refractivity contribution in [3.63, 3.8) is 0 Å². The monoisotopic (exact) mass is 349 g/mol. The maximum absolute atomic E-state index is 12.7. The maximum Gasteiger partial charge on any atom is 0.257 e. The van der Waals surface area contributed by atoms with E-state index in [0.29, 0.717) is 36.0 Å². The van der Waals surface area contributed by atoms with Crippen molar-refractivity contribution < 1.29 is 9.53 Å². The van der Waals surface area contributed by atoms with Gasteiger partial charge in [-0.3, -0.25) is 14.8 Å². The van der Waals surface area contributed by atoms with E-state index in [1.54, 1.807) is 25.3 Å². The molecule has 1 aliphatic heterocycles. The fourth-order valence-corrected chi connectivity index (χ4v) is 2.94. The molecule has 1 amide bonds. The molecule has 0 unspecified atom stereocenters. The quantitative estimate of drug-likeness (QED) is 0.910. The lowest BCUT2D eigenvalue weighted by Gasteiger charge is -2.34. The molecule has 1 aromatic heterocycles. The minimum absolute atomic E-state index is 0.0306. The number of nitrogens with one attached hydrogen (secondary N) is 1. The summed E-state index contributed by atoms with van der Waals surface area (Å²) in [6.45, 7) is 5.47. The molecule has 8 heteroatoms. The van der Waals surface area contributed by atoms with Crippen molar-refractivity contribution in [3.8, 4) is 5.75 Å². The fourth-order valence-electron chi connectivity index (χ4n) is 2.78. The smallest absolute Gasteiger partial charge is 0.257 e. The summed E-state index contributed by atoms with van der Waals surface area (Å²) in [7, 11) is 1.54. The standard InChI is InChI=1S/C16H20ClN5O2/c1-11-18-15(20-19-11)10-21-5-7-22(8-6-21)16(23)13-4-3-12(17)9-14(13)24-2/h3-4,9H,5-8,10H2,1-2H3,(H,18,19,20). The number of hydrogen-bond donors (Lipinski definition) is 1. The first-order valence-corrected chi connectivity index (χ1v) is 8.17. The van der Waals surface area contributed by atoms with Crippen molar-refractivity contribution in [1.82, 2.24) is 25.0 Å². The van der Waals surface area contributed by atoms with Crippen LogP contribution in [0.1, 0.15) is 22.0 Å². The number of nitrogens with zero attached hydrogens (tertiary/aromatic N) is 4. The number of piperazine rings is 1. The van der Waals surface area contributed by atoms with Gasteiger partial charge in [-0.15, -0.1) is 0 Å². The molecule has 7 nitrogen and oxygen atoms in total. The Hall–Kier alpha value is -2.12. The number of H-pyrrole nitrogens is 1. The molecule has 24 heavy (non-hydrogen) atoms. The van der Waals surface area contributed by atoms with Crippen molar-refractivity contribution in [2.24, 2.45) is 0 Å². The van der Waals surface area contributed by atoms with Gasteiger partial charge in [-0.2, -0.15) is 5.10 Å². The molecule has 1 aliphatic rings. The highest BCUT2D eigenvalue weighted by Crippen LogP contribution is 2.25. The predicted octanol–water partition coefficient (Wildman–Crippen LogP) is 1.73. The molecular weight excluding hydrogens is 330 g/mol. The molecule has 0 aliphatic carbocycles. The van der Waals surface area contributed by atoms with Gasteiger partial charge in [-0.05, 0) is 25.1 Å². The van der Waals surface area contributed by atoms with Crippen molar-refractivity contribution in [3.05, 3.63) is 40.4 Å². The molecule has 1 fully saturated rings. The fraction of sp³-hybridized carbons (Fsp3) is 0.438. The zero-order chi connectivity index (χ0) is 17.1. The van der Waals surface area contributed by atoms with Gasteiger partial charge in [0.25, 0.3) is 5.91 Å². The number of rotatable bonds is 4. The summed E-state index contributed by atoms with van der Waals surface area (Å²) in [5.41, 5.74) is 0.542. The largest absolute Gasteiger partial charge is 0.496 e. The van der Waals surface area contributed by atoms with Crippen LogP contribution < -0.4 is 4.74 Å². The van der Waals surface area contributed by atoms with E-state index in [-0.39, 0.29) is 5.91 Å². The molecule has 128 valence electrons. The number of carbonyl (C=O) groups excluding carboxylic acids is 1. The van der Waals surface area contributed by atoms with Crippen molar-refractivity contribution >= 4 is 17.5 Å². The second-order valence-electron chi connectivity index (χ2n) is 5.75. The summed E-state index contributed by atoms with van der Waals surface area (Å²) in [5.74, 6) is 2.07. The Kier molecular flexibility index (Phi) is 5.01. The number of amides is 1. The summed E-state index contributed by atoms with van der Waals surface area (Å²) in [6, 6.07) is 5.09. The molecule has 0 saturated carbocycles. The third-order valence-corrected chi connectivity index (χ3v) is 4.30. The molecule has 1 N–H and O–H groups in total. The number of aromatic amines is 1. The summed E-state index contributed by atoms with van der Waals surface area (Å²) < 4.78 is 5.28. The Balaban J connectivity index is 1.61. The van der Waals surface area contributed by atoms with Gasteiger partial charge < -0.3 is 9.64 Å². The van der Waals surface area contributed by atoms with E-state index >= 15 is 0 Å². The van der Waals surface area contributed by atoms with Crippen molar-refractivity contribution in [2.45, 2.75) is 13.5 Å². The van der Waals surface area contributed by atoms with Gasteiger partial charge in [0.1, 0.15) is 11.6 Å². The van der Waals surface area contributed by atoms with Gasteiger partial charge in [0.05, 0.1) is 19.2 Å². The first kappa shape index (κ1) is 16.7. The van der Waals surface area contributed by atoms with E-state index in [4.69, 9.17) is 16.3 Å². The van der Waals surface area contributed by atoms with Crippen LogP contribution in [-0.2, 0) is 6.54 Å². The van der Waals surface area contributed by atoms with Crippen molar-refractivity contribution in [1.29, 1.82) is 0 Å². The number of aryl methyl sites for hydroxylation is 1. The van der Waals surface area contributed by atoms with Gasteiger partial charge in [0.2, 0.25) is 0 Å². The van der Waals surface area contributed by atoms with E-state index < -0.39 is 0 Å². The molecule has 0 atom stereocenters. The second-order valence-corrected chi connectivity index (χ2v) is 6.19. The maximum atomic E-state index is 12.7. The third-order valence-electron chi connectivity index (χ3n) is 4.06. The van der Waals surface area contributed by atoms with Crippen LogP contribution in [0.4, 0.5) is 0 Å². The molecule has 3 rings (SSSR count). The van der Waals surface area contributed by atoms with Crippen molar-refractivity contribution in [2.75, 3.05) is 33.3 Å². The van der Waals surface area contributed by atoms with Crippen LogP contribution in [0.15, 0.2) is 18.2 Å².